The van der Waals surface area contributed by atoms with E-state index in [1.54, 1.807) is 0 Å². The summed E-state index contributed by atoms with van der Waals surface area (Å²) in [6.45, 7) is 0. The van der Waals surface area contributed by atoms with Gasteiger partial charge in [0.2, 0.25) is 0 Å². The molecule has 0 aromatic carbocycles. The molecule has 0 atom stereocenters. The summed E-state index contributed by atoms with van der Waals surface area (Å²) in [4.78, 5) is 0. The first-order valence-electron chi connectivity index (χ1n) is 2.45. The van der Waals surface area contributed by atoms with Crippen molar-refractivity contribution in [3.63, 3.8) is 0 Å². The molecule has 0 aliphatic heterocycles. The average Bonchev–Trinajstić information content (AvgIpc) is 0.592. The van der Waals surface area contributed by atoms with Crippen molar-refractivity contribution in [3.05, 3.63) is 0 Å². The van der Waals surface area contributed by atoms with Crippen LogP contribution in [0.3, 0.4) is 0 Å². The molecule has 0 rings (SSSR count). The van der Waals surface area contributed by atoms with Crippen molar-refractivity contribution in [2.45, 2.75) is 0 Å². The van der Waals surface area contributed by atoms with E-state index in [2.05, 4.69) is 0 Å². The van der Waals surface area contributed by atoms with Crippen LogP contribution in [0.1, 0.15) is 0 Å². The fourth-order valence-electron chi connectivity index (χ4n) is 0. The summed E-state index contributed by atoms with van der Waals surface area (Å²) in [5.41, 5.74) is 0. The molecule has 0 N–H and O–H groups in total. The topological polar surface area (TPSA) is 102 Å². The van der Waals surface area contributed by atoms with Gasteiger partial charge in [-0.25, -0.2) is 0 Å². The Bertz CT molecular complexity index is 432. The van der Waals surface area contributed by atoms with E-state index in [0.717, 1.165) is 0 Å². The van der Waals surface area contributed by atoms with Crippen molar-refractivity contribution in [1.82, 2.24) is 0 Å². The zero-order valence-electron chi connectivity index (χ0n) is 3.45. The molecule has 0 aromatic heterocycles. The molecule has 37 valence electrons. The van der Waals surface area contributed by atoms with Crippen molar-refractivity contribution in [2.24, 2.45) is 0 Å². The van der Waals surface area contributed by atoms with Crippen LogP contribution >= 0.6 is 0 Å². The molecule has 0 heterocycles. The van der Waals surface area contributed by atoms with Crippen LogP contribution in [0.15, 0.2) is 0 Å². The second-order valence-corrected chi connectivity index (χ2v) is 2.50. The number of hydrogen-bond acceptors (Lipinski definition) is 6. The van der Waals surface area contributed by atoms with Crippen LogP contribution in [-0.2, 0) is 21.8 Å². The summed E-state index contributed by atoms with van der Waals surface area (Å²) in [6, 6.07) is 0. The Hall–Kier alpha value is -0.603. The molecule has 7 heteroatoms. The Morgan fingerprint density at radius 3 is 0.571 bits per heavy atom. The molecule has 0 radical (unpaired) electrons. The molecule has 0 bridgehead atoms. The van der Waals surface area contributed by atoms with Gasteiger partial charge < -0.3 is 0 Å². The van der Waals surface area contributed by atoms with Crippen LogP contribution in [0, 0.1) is 0 Å². The number of rotatable bonds is 0. The molecule has 0 amide bonds. The number of hydrogen-bond donors (Lipinski definition) is 0. The zero-order chi connectivity index (χ0) is 6.41. The van der Waals surface area contributed by atoms with Gasteiger partial charge in [0, 0.05) is 0 Å². The molecule has 6 nitrogen and oxygen atoms in total. The summed E-state index contributed by atoms with van der Waals surface area (Å²) in [6.07, 6.45) is 0. The molecule has 0 saturated heterocycles. The molecule has 0 saturated carbocycles. The predicted octanol–water partition coefficient (Wildman–Crippen LogP) is -1.09. The molecule has 0 spiro atoms. The fraction of sp³-hybridized carbons (Fsp3) is 0. The first-order valence-corrected chi connectivity index (χ1v) is 2.45. The molecule has 0 aliphatic carbocycles. The molecule has 0 unspecified atom stereocenters. The van der Waals surface area contributed by atoms with Crippen LogP contribution in [0.4, 0.5) is 0 Å². The summed E-state index contributed by atoms with van der Waals surface area (Å²) in [7, 11) is 0. The minimum absolute atomic E-state index is 8.67. The van der Waals surface area contributed by atoms with E-state index in [9.17, 15) is 0 Å². The van der Waals surface area contributed by atoms with Gasteiger partial charge in [-0.3, -0.25) is 0 Å². The third-order valence-corrected chi connectivity index (χ3v) is 0. The Kier molecular flexibility index (Phi) is 0.460. The third kappa shape index (κ3) is 172. The summed E-state index contributed by atoms with van der Waals surface area (Å²) in [5, 5.41) is 0. The van der Waals surface area contributed by atoms with Gasteiger partial charge in [0.1, 0.15) is 0 Å². The molecular formula is LiO6. The average molecular weight is 103 g/mol. The predicted molar refractivity (Wildman–Crippen MR) is 9.87 cm³/mol. The van der Waals surface area contributed by atoms with E-state index in [1.165, 1.54) is 0 Å². The van der Waals surface area contributed by atoms with Crippen LogP contribution < -0.4 is 0 Å². The Balaban J connectivity index is 8.86. The van der Waals surface area contributed by atoms with Gasteiger partial charge in [-0.05, 0) is 0 Å². The van der Waals surface area contributed by atoms with Crippen LogP contribution in [0.5, 0.6) is 0 Å². The molecule has 7 heavy (non-hydrogen) atoms. The third-order valence-electron chi connectivity index (χ3n) is 0. The zero-order valence-corrected chi connectivity index (χ0v) is 3.45. The summed E-state index contributed by atoms with van der Waals surface area (Å²) in [5.74, 6) is 0. The monoisotopic (exact) mass is 103 g/mol. The molecule has 0 fully saturated rings. The van der Waals surface area contributed by atoms with Gasteiger partial charge >= 0.3 is 33.5 Å². The van der Waals surface area contributed by atoms with Crippen LogP contribution in [0.25, 0.3) is 0 Å². The summed E-state index contributed by atoms with van der Waals surface area (Å²) < 4.78 is 52.0. The van der Waals surface area contributed by atoms with Gasteiger partial charge in [0.05, 0.1) is 0 Å². The maximum absolute atomic E-state index is 9.67. The van der Waals surface area contributed by atoms with Gasteiger partial charge in [-0.15, -0.1) is 0 Å². The van der Waals surface area contributed by atoms with Gasteiger partial charge in [0.25, 0.3) is 0 Å². The maximum atomic E-state index is 8.67. The standard InChI is InChI=1S/Li.6O. The van der Waals surface area contributed by atoms with E-state index in [-0.39, 0.29) is 0 Å². The van der Waals surface area contributed by atoms with Crippen molar-refractivity contribution < 1.29 is 21.8 Å². The Morgan fingerprint density at radius 2 is 0.571 bits per heavy atom. The SMILES string of the molecule is [O]=[Li](=[O])(=[O])(=[O])(=[O])=[O]. The first-order chi connectivity index (χ1) is 2.45. The first kappa shape index (κ1) is 6.40. The van der Waals surface area contributed by atoms with Crippen molar-refractivity contribution in [2.75, 3.05) is 0 Å². The summed E-state index contributed by atoms with van der Waals surface area (Å²) >= 11 is -9.67. The second kappa shape index (κ2) is 0.504. The Labute approximate surface area is 34.3 Å². The van der Waals surface area contributed by atoms with Gasteiger partial charge in [-0.1, -0.05) is 0 Å². The van der Waals surface area contributed by atoms with Crippen LogP contribution in [0.2, 0.25) is 0 Å². The normalized spacial score (nSPS) is 22.3. The Morgan fingerprint density at radius 1 is 0.571 bits per heavy atom. The van der Waals surface area contributed by atoms with E-state index < -0.39 is 11.7 Å². The molecular weight excluding hydrogens is 103 g/mol. The van der Waals surface area contributed by atoms with E-state index >= 15 is 0 Å². The quantitative estimate of drug-likeness (QED) is 0.360. The van der Waals surface area contributed by atoms with Crippen molar-refractivity contribution in [1.29, 1.82) is 0 Å². The van der Waals surface area contributed by atoms with Gasteiger partial charge in [0.15, 0.2) is 0 Å². The van der Waals surface area contributed by atoms with Crippen molar-refractivity contribution >= 4 is 11.7 Å². The fourth-order valence-corrected chi connectivity index (χ4v) is 0. The van der Waals surface area contributed by atoms with E-state index in [1.807, 2.05) is 0 Å². The minimum atomic E-state index is -9.67. The van der Waals surface area contributed by atoms with E-state index in [4.69, 9.17) is 21.8 Å². The van der Waals surface area contributed by atoms with E-state index in [0.29, 0.717) is 0 Å². The molecule has 0 aromatic rings. The van der Waals surface area contributed by atoms with Crippen molar-refractivity contribution in [3.8, 4) is 0 Å². The second-order valence-electron chi connectivity index (χ2n) is 2.50. The molecule has 0 aliphatic rings. The van der Waals surface area contributed by atoms with Crippen LogP contribution in [-0.4, -0.2) is 11.7 Å². The van der Waals surface area contributed by atoms with Gasteiger partial charge in [-0.2, -0.15) is 0 Å².